The van der Waals surface area contributed by atoms with Gasteiger partial charge in [-0.25, -0.2) is 9.97 Å². The van der Waals surface area contributed by atoms with Crippen LogP contribution < -0.4 is 5.49 Å². The van der Waals surface area contributed by atoms with Crippen molar-refractivity contribution in [2.75, 3.05) is 6.61 Å². The monoisotopic (exact) mass is 219 g/mol. The largest absolute Gasteiger partial charge is 0.396 e. The van der Waals surface area contributed by atoms with Gasteiger partial charge in [-0.2, -0.15) is 0 Å². The number of aromatic amines is 1. The highest BCUT2D eigenvalue weighted by Gasteiger charge is 2.36. The van der Waals surface area contributed by atoms with Crippen LogP contribution in [0.15, 0.2) is 12.7 Å². The normalized spacial score (nSPS) is 23.8. The van der Waals surface area contributed by atoms with Gasteiger partial charge in [-0.1, -0.05) is 0 Å². The summed E-state index contributed by atoms with van der Waals surface area (Å²) < 4.78 is 1.81. The van der Waals surface area contributed by atoms with E-state index >= 15 is 0 Å². The van der Waals surface area contributed by atoms with Crippen LogP contribution in [0.25, 0.3) is 11.2 Å². The van der Waals surface area contributed by atoms with Gasteiger partial charge >= 0.3 is 0 Å². The molecule has 1 aliphatic carbocycles. The number of aliphatic hydroxyl groups excluding tert-OH is 1. The van der Waals surface area contributed by atoms with Crippen LogP contribution in [0.3, 0.4) is 0 Å². The zero-order chi connectivity index (χ0) is 11.1. The zero-order valence-electron chi connectivity index (χ0n) is 8.72. The lowest BCUT2D eigenvalue weighted by atomic mass is 10.3. The number of fused-ring (bicyclic) bond motifs is 1. The van der Waals surface area contributed by atoms with Gasteiger partial charge in [0.2, 0.25) is 0 Å². The van der Waals surface area contributed by atoms with E-state index in [2.05, 4.69) is 15.0 Å². The Morgan fingerprint density at radius 2 is 2.38 bits per heavy atom. The van der Waals surface area contributed by atoms with E-state index in [-0.39, 0.29) is 6.61 Å². The van der Waals surface area contributed by atoms with Crippen LogP contribution in [0.5, 0.6) is 0 Å². The molecule has 1 saturated carbocycles. The lowest BCUT2D eigenvalue weighted by Gasteiger charge is -2.05. The van der Waals surface area contributed by atoms with E-state index in [1.807, 2.05) is 0 Å². The van der Waals surface area contributed by atoms with Crippen molar-refractivity contribution in [3.05, 3.63) is 18.1 Å². The summed E-state index contributed by atoms with van der Waals surface area (Å²) >= 11 is 0. The molecule has 0 bridgehead atoms. The first kappa shape index (κ1) is 9.53. The molecular weight excluding hydrogens is 206 g/mol. The van der Waals surface area contributed by atoms with Gasteiger partial charge in [0, 0.05) is 13.2 Å². The molecule has 0 aromatic carbocycles. The molecule has 0 amide bonds. The summed E-state index contributed by atoms with van der Waals surface area (Å²) in [5.41, 5.74) is 1.66. The second-order valence-corrected chi connectivity index (χ2v) is 4.29. The predicted molar refractivity (Wildman–Crippen MR) is 56.4 cm³/mol. The van der Waals surface area contributed by atoms with E-state index in [0.717, 1.165) is 13.0 Å². The number of nitrogens with zero attached hydrogens (tertiary/aromatic N) is 3. The predicted octanol–water partition coefficient (Wildman–Crippen LogP) is -0.133. The summed E-state index contributed by atoms with van der Waals surface area (Å²) in [7, 11) is 0. The van der Waals surface area contributed by atoms with Crippen LogP contribution in [-0.2, 0) is 6.54 Å². The second kappa shape index (κ2) is 3.41. The average Bonchev–Trinajstić information content (AvgIpc) is 2.86. The lowest BCUT2D eigenvalue weighted by Crippen LogP contribution is -2.22. The molecule has 0 radical (unpaired) electrons. The van der Waals surface area contributed by atoms with E-state index in [4.69, 9.17) is 10.5 Å². The Labute approximate surface area is 91.5 Å². The summed E-state index contributed by atoms with van der Waals surface area (Å²) in [6.45, 7) is 1.00. The standard InChI is InChI=1S/C10H13N5O/c11-9-8-10(13-4-12-8)14-5-15(9)2-6-1-7(6)3-16/h4-7,11,16H,1-3H2,(H,12,13). The highest BCUT2D eigenvalue weighted by atomic mass is 16.3. The van der Waals surface area contributed by atoms with E-state index in [1.54, 1.807) is 17.2 Å². The summed E-state index contributed by atoms with van der Waals surface area (Å²) in [6, 6.07) is 0. The molecule has 3 N–H and O–H groups in total. The first-order valence-corrected chi connectivity index (χ1v) is 5.33. The van der Waals surface area contributed by atoms with Crippen LogP contribution in [0.2, 0.25) is 0 Å². The third-order valence-electron chi connectivity index (χ3n) is 3.20. The average molecular weight is 219 g/mol. The summed E-state index contributed by atoms with van der Waals surface area (Å²) in [5, 5.41) is 17.0. The van der Waals surface area contributed by atoms with E-state index < -0.39 is 0 Å². The Hall–Kier alpha value is -1.69. The molecular formula is C10H13N5O. The van der Waals surface area contributed by atoms with Crippen molar-refractivity contribution in [1.82, 2.24) is 19.5 Å². The van der Waals surface area contributed by atoms with Gasteiger partial charge < -0.3 is 14.7 Å². The van der Waals surface area contributed by atoms with Gasteiger partial charge in [0.25, 0.3) is 0 Å². The zero-order valence-corrected chi connectivity index (χ0v) is 8.72. The SMILES string of the molecule is N=c1c2[nH]cnc2ncn1CC1CC1CO. The van der Waals surface area contributed by atoms with Crippen LogP contribution in [0.1, 0.15) is 6.42 Å². The lowest BCUT2D eigenvalue weighted by molar-refractivity contribution is 0.265. The first-order chi connectivity index (χ1) is 7.79. The highest BCUT2D eigenvalue weighted by Crippen LogP contribution is 2.38. The molecule has 16 heavy (non-hydrogen) atoms. The molecule has 6 nitrogen and oxygen atoms in total. The summed E-state index contributed by atoms with van der Waals surface area (Å²) in [5.74, 6) is 0.894. The van der Waals surface area contributed by atoms with Crippen molar-refractivity contribution in [3.63, 3.8) is 0 Å². The van der Waals surface area contributed by atoms with Gasteiger partial charge in [0.05, 0.1) is 12.7 Å². The second-order valence-electron chi connectivity index (χ2n) is 4.29. The number of aliphatic hydroxyl groups is 1. The number of rotatable bonds is 3. The van der Waals surface area contributed by atoms with Crippen molar-refractivity contribution in [2.45, 2.75) is 13.0 Å². The maximum absolute atomic E-state index is 8.97. The molecule has 6 heteroatoms. The number of imidazole rings is 1. The molecule has 1 fully saturated rings. The number of nitrogens with one attached hydrogen (secondary N) is 2. The Morgan fingerprint density at radius 3 is 3.12 bits per heavy atom. The van der Waals surface area contributed by atoms with E-state index in [1.165, 1.54) is 0 Å². The molecule has 0 spiro atoms. The fourth-order valence-corrected chi connectivity index (χ4v) is 2.03. The topological polar surface area (TPSA) is 90.6 Å². The quantitative estimate of drug-likeness (QED) is 0.671. The summed E-state index contributed by atoms with van der Waals surface area (Å²) in [6.07, 6.45) is 4.25. The van der Waals surface area contributed by atoms with Gasteiger partial charge in [0.15, 0.2) is 11.1 Å². The van der Waals surface area contributed by atoms with Gasteiger partial charge in [-0.3, -0.25) is 5.41 Å². The third kappa shape index (κ3) is 1.42. The molecule has 0 aliphatic heterocycles. The van der Waals surface area contributed by atoms with Crippen LogP contribution in [0, 0.1) is 17.2 Å². The molecule has 2 aromatic rings. The Morgan fingerprint density at radius 1 is 1.50 bits per heavy atom. The molecule has 2 atom stereocenters. The van der Waals surface area contributed by atoms with Crippen LogP contribution >= 0.6 is 0 Å². The van der Waals surface area contributed by atoms with Crippen LogP contribution in [0.4, 0.5) is 0 Å². The van der Waals surface area contributed by atoms with Crippen molar-refractivity contribution >= 4 is 11.2 Å². The number of hydrogen-bond acceptors (Lipinski definition) is 4. The summed E-state index contributed by atoms with van der Waals surface area (Å²) in [4.78, 5) is 11.1. The van der Waals surface area contributed by atoms with Crippen molar-refractivity contribution in [1.29, 1.82) is 5.41 Å². The van der Waals surface area contributed by atoms with Gasteiger partial charge in [0.1, 0.15) is 5.52 Å². The fourth-order valence-electron chi connectivity index (χ4n) is 2.03. The molecule has 2 unspecified atom stereocenters. The molecule has 2 aromatic heterocycles. The van der Waals surface area contributed by atoms with Crippen molar-refractivity contribution in [2.24, 2.45) is 11.8 Å². The molecule has 1 aliphatic rings. The maximum atomic E-state index is 8.97. The Bertz CT molecular complexity index is 572. The van der Waals surface area contributed by atoms with E-state index in [9.17, 15) is 0 Å². The number of aromatic nitrogens is 4. The fraction of sp³-hybridized carbons (Fsp3) is 0.500. The maximum Gasteiger partial charge on any atom is 0.182 e. The molecule has 0 saturated heterocycles. The molecule has 3 rings (SSSR count). The smallest absolute Gasteiger partial charge is 0.182 e. The van der Waals surface area contributed by atoms with Gasteiger partial charge in [-0.15, -0.1) is 0 Å². The van der Waals surface area contributed by atoms with Crippen LogP contribution in [-0.4, -0.2) is 31.2 Å². The minimum absolute atomic E-state index is 0.248. The van der Waals surface area contributed by atoms with E-state index in [0.29, 0.717) is 28.5 Å². The van der Waals surface area contributed by atoms with Crippen molar-refractivity contribution in [3.8, 4) is 0 Å². The Balaban J connectivity index is 1.92. The third-order valence-corrected chi connectivity index (χ3v) is 3.20. The number of H-pyrrole nitrogens is 1. The minimum Gasteiger partial charge on any atom is -0.396 e. The first-order valence-electron chi connectivity index (χ1n) is 5.33. The minimum atomic E-state index is 0.248. The number of hydrogen-bond donors (Lipinski definition) is 3. The van der Waals surface area contributed by atoms with Gasteiger partial charge in [-0.05, 0) is 18.3 Å². The molecule has 2 heterocycles. The van der Waals surface area contributed by atoms with Crippen molar-refractivity contribution < 1.29 is 5.11 Å². The highest BCUT2D eigenvalue weighted by molar-refractivity contribution is 5.67. The Kier molecular flexibility index (Phi) is 2.03. The molecule has 84 valence electrons.